The van der Waals surface area contributed by atoms with Gasteiger partial charge in [-0.15, -0.1) is 0 Å². The fourth-order valence-corrected chi connectivity index (χ4v) is 3.19. The van der Waals surface area contributed by atoms with Gasteiger partial charge in [-0.25, -0.2) is 0 Å². The fraction of sp³-hybridized carbons (Fsp3) is 0.235. The first-order chi connectivity index (χ1) is 10.1. The van der Waals surface area contributed by atoms with Crippen molar-refractivity contribution in [2.75, 3.05) is 12.0 Å². The molecule has 3 rings (SSSR count). The summed E-state index contributed by atoms with van der Waals surface area (Å²) in [6.45, 7) is 2.08. The average Bonchev–Trinajstić information content (AvgIpc) is 2.81. The number of methoxy groups -OCH3 is 1. The summed E-state index contributed by atoms with van der Waals surface area (Å²) in [6, 6.07) is 13.5. The normalized spacial score (nSPS) is 16.7. The highest BCUT2D eigenvalue weighted by Gasteiger charge is 2.31. The lowest BCUT2D eigenvalue weighted by molar-refractivity contribution is 0.0981. The topological polar surface area (TPSA) is 29.5 Å². The molecular weight excluding hydrogens is 330 g/mol. The number of anilines is 1. The third kappa shape index (κ3) is 2.56. The smallest absolute Gasteiger partial charge is 0.258 e. The van der Waals surface area contributed by atoms with Crippen molar-refractivity contribution >= 4 is 27.5 Å². The van der Waals surface area contributed by atoms with Crippen LogP contribution >= 0.6 is 15.9 Å². The Labute approximate surface area is 132 Å². The van der Waals surface area contributed by atoms with Gasteiger partial charge in [0.15, 0.2) is 0 Å². The predicted molar refractivity (Wildman–Crippen MR) is 87.1 cm³/mol. The Morgan fingerprint density at radius 3 is 2.62 bits per heavy atom. The molecule has 2 aromatic rings. The van der Waals surface area contributed by atoms with Crippen molar-refractivity contribution in [2.45, 2.75) is 19.4 Å². The van der Waals surface area contributed by atoms with E-state index in [0.717, 1.165) is 22.3 Å². The van der Waals surface area contributed by atoms with Crippen LogP contribution in [0.4, 0.5) is 5.69 Å². The molecule has 4 heteroatoms. The van der Waals surface area contributed by atoms with E-state index in [0.29, 0.717) is 5.56 Å². The second kappa shape index (κ2) is 5.53. The lowest BCUT2D eigenvalue weighted by Gasteiger charge is -2.23. The number of carbonyl (C=O) groups is 1. The van der Waals surface area contributed by atoms with Gasteiger partial charge in [-0.3, -0.25) is 4.79 Å². The van der Waals surface area contributed by atoms with E-state index in [-0.39, 0.29) is 11.9 Å². The summed E-state index contributed by atoms with van der Waals surface area (Å²) >= 11 is 3.49. The summed E-state index contributed by atoms with van der Waals surface area (Å²) < 4.78 is 6.18. The number of halogens is 1. The molecule has 0 fully saturated rings. The Balaban J connectivity index is 1.94. The fourth-order valence-electron chi connectivity index (χ4n) is 2.78. The molecule has 1 amide bonds. The van der Waals surface area contributed by atoms with Crippen LogP contribution in [0.5, 0.6) is 5.75 Å². The minimum Gasteiger partial charge on any atom is -0.497 e. The van der Waals surface area contributed by atoms with Crippen LogP contribution in [0.1, 0.15) is 22.8 Å². The molecule has 0 radical (unpaired) electrons. The maximum absolute atomic E-state index is 12.8. The highest BCUT2D eigenvalue weighted by Crippen LogP contribution is 2.35. The highest BCUT2D eigenvalue weighted by molar-refractivity contribution is 9.10. The first-order valence-electron chi connectivity index (χ1n) is 6.86. The molecule has 3 nitrogen and oxygen atoms in total. The standard InChI is InChI=1S/C17H16BrNO2/c1-11-9-13-10-14(18)5-8-16(13)19(11)17(20)12-3-6-15(21-2)7-4-12/h3-8,10-11H,9H2,1-2H3. The van der Waals surface area contributed by atoms with Crippen molar-refractivity contribution in [3.63, 3.8) is 0 Å². The number of hydrogen-bond donors (Lipinski definition) is 0. The minimum atomic E-state index is 0.0335. The quantitative estimate of drug-likeness (QED) is 0.821. The zero-order valence-corrected chi connectivity index (χ0v) is 13.6. The average molecular weight is 346 g/mol. The zero-order valence-electron chi connectivity index (χ0n) is 12.0. The molecule has 1 heterocycles. The summed E-state index contributed by atoms with van der Waals surface area (Å²) in [7, 11) is 1.62. The van der Waals surface area contributed by atoms with Crippen molar-refractivity contribution in [1.29, 1.82) is 0 Å². The van der Waals surface area contributed by atoms with E-state index in [1.807, 2.05) is 41.3 Å². The van der Waals surface area contributed by atoms with Crippen molar-refractivity contribution < 1.29 is 9.53 Å². The molecule has 0 aromatic heterocycles. The van der Waals surface area contributed by atoms with Gasteiger partial charge < -0.3 is 9.64 Å². The molecule has 1 aliphatic rings. The van der Waals surface area contributed by atoms with Crippen LogP contribution in [0.15, 0.2) is 46.9 Å². The Bertz CT molecular complexity index is 682. The van der Waals surface area contributed by atoms with E-state index < -0.39 is 0 Å². The summed E-state index contributed by atoms with van der Waals surface area (Å²) in [4.78, 5) is 14.7. The van der Waals surface area contributed by atoms with Gasteiger partial charge in [-0.1, -0.05) is 15.9 Å². The van der Waals surface area contributed by atoms with E-state index in [1.54, 1.807) is 7.11 Å². The number of fused-ring (bicyclic) bond motifs is 1. The summed E-state index contributed by atoms with van der Waals surface area (Å²) in [5.41, 5.74) is 2.89. The van der Waals surface area contributed by atoms with Gasteiger partial charge in [-0.05, 0) is 61.4 Å². The van der Waals surface area contributed by atoms with Gasteiger partial charge in [-0.2, -0.15) is 0 Å². The van der Waals surface area contributed by atoms with Gasteiger partial charge in [0, 0.05) is 21.8 Å². The minimum absolute atomic E-state index is 0.0335. The predicted octanol–water partition coefficient (Wildman–Crippen LogP) is 4.05. The van der Waals surface area contributed by atoms with Gasteiger partial charge in [0.2, 0.25) is 0 Å². The van der Waals surface area contributed by atoms with Crippen LogP contribution in [0.3, 0.4) is 0 Å². The molecule has 1 aliphatic heterocycles. The van der Waals surface area contributed by atoms with E-state index in [2.05, 4.69) is 28.9 Å². The number of amides is 1. The van der Waals surface area contributed by atoms with Crippen molar-refractivity contribution in [3.8, 4) is 5.75 Å². The lowest BCUT2D eigenvalue weighted by Crippen LogP contribution is -2.35. The molecule has 108 valence electrons. The summed E-state index contributed by atoms with van der Waals surface area (Å²) in [5, 5.41) is 0. The Morgan fingerprint density at radius 2 is 1.95 bits per heavy atom. The van der Waals surface area contributed by atoms with E-state index >= 15 is 0 Å². The number of carbonyl (C=O) groups excluding carboxylic acids is 1. The first kappa shape index (κ1) is 14.1. The molecule has 1 atom stereocenters. The molecular formula is C17H16BrNO2. The van der Waals surface area contributed by atoms with E-state index in [4.69, 9.17) is 4.74 Å². The number of rotatable bonds is 2. The number of nitrogens with zero attached hydrogens (tertiary/aromatic N) is 1. The van der Waals surface area contributed by atoms with Crippen molar-refractivity contribution in [1.82, 2.24) is 0 Å². The highest BCUT2D eigenvalue weighted by atomic mass is 79.9. The SMILES string of the molecule is COc1ccc(C(=O)N2c3ccc(Br)cc3CC2C)cc1. The van der Waals surface area contributed by atoms with Crippen molar-refractivity contribution in [2.24, 2.45) is 0 Å². The Kier molecular flexibility index (Phi) is 3.72. The number of ether oxygens (including phenoxy) is 1. The molecule has 0 N–H and O–H groups in total. The molecule has 21 heavy (non-hydrogen) atoms. The zero-order chi connectivity index (χ0) is 15.0. The van der Waals surface area contributed by atoms with Gasteiger partial charge in [0.1, 0.15) is 5.75 Å². The van der Waals surface area contributed by atoms with Crippen LogP contribution in [0.2, 0.25) is 0 Å². The monoisotopic (exact) mass is 345 g/mol. The Hall–Kier alpha value is -1.81. The molecule has 2 aromatic carbocycles. The third-order valence-electron chi connectivity index (χ3n) is 3.81. The number of hydrogen-bond acceptors (Lipinski definition) is 2. The van der Waals surface area contributed by atoms with Gasteiger partial charge in [0.25, 0.3) is 5.91 Å². The van der Waals surface area contributed by atoms with Crippen LogP contribution in [-0.4, -0.2) is 19.1 Å². The largest absolute Gasteiger partial charge is 0.497 e. The molecule has 0 aliphatic carbocycles. The molecule has 0 spiro atoms. The second-order valence-electron chi connectivity index (χ2n) is 5.23. The van der Waals surface area contributed by atoms with Crippen LogP contribution in [0, 0.1) is 0 Å². The second-order valence-corrected chi connectivity index (χ2v) is 6.15. The molecule has 0 saturated carbocycles. The lowest BCUT2D eigenvalue weighted by atomic mass is 10.1. The molecule has 0 bridgehead atoms. The van der Waals surface area contributed by atoms with Crippen LogP contribution in [0.25, 0.3) is 0 Å². The maximum atomic E-state index is 12.8. The third-order valence-corrected chi connectivity index (χ3v) is 4.31. The van der Waals surface area contributed by atoms with Gasteiger partial charge >= 0.3 is 0 Å². The summed E-state index contributed by atoms with van der Waals surface area (Å²) in [6.07, 6.45) is 0.886. The van der Waals surface area contributed by atoms with Crippen LogP contribution < -0.4 is 9.64 Å². The van der Waals surface area contributed by atoms with Crippen LogP contribution in [-0.2, 0) is 6.42 Å². The molecule has 0 saturated heterocycles. The van der Waals surface area contributed by atoms with Crippen molar-refractivity contribution in [3.05, 3.63) is 58.1 Å². The van der Waals surface area contributed by atoms with E-state index in [9.17, 15) is 4.79 Å². The Morgan fingerprint density at radius 1 is 1.24 bits per heavy atom. The number of benzene rings is 2. The van der Waals surface area contributed by atoms with Gasteiger partial charge in [0.05, 0.1) is 7.11 Å². The molecule has 1 unspecified atom stereocenters. The maximum Gasteiger partial charge on any atom is 0.258 e. The first-order valence-corrected chi connectivity index (χ1v) is 7.65. The van der Waals surface area contributed by atoms with E-state index in [1.165, 1.54) is 5.56 Å². The summed E-state index contributed by atoms with van der Waals surface area (Å²) in [5.74, 6) is 0.788.